The summed E-state index contributed by atoms with van der Waals surface area (Å²) in [6.07, 6.45) is 0. The summed E-state index contributed by atoms with van der Waals surface area (Å²) in [4.78, 5) is 18.6. The number of esters is 1. The van der Waals surface area contributed by atoms with Crippen molar-refractivity contribution >= 4 is 11.8 Å². The van der Waals surface area contributed by atoms with E-state index in [-0.39, 0.29) is 11.5 Å². The summed E-state index contributed by atoms with van der Waals surface area (Å²) in [5.41, 5.74) is 5.58. The van der Waals surface area contributed by atoms with Crippen LogP contribution in [-0.4, -0.2) is 23.0 Å². The van der Waals surface area contributed by atoms with Gasteiger partial charge in [-0.2, -0.15) is 0 Å². The van der Waals surface area contributed by atoms with Crippen LogP contribution in [0.5, 0.6) is 0 Å². The number of nitrogens with two attached hydrogens (primary N) is 1. The Labute approximate surface area is 69.6 Å². The monoisotopic (exact) mass is 167 g/mol. The Hall–Kier alpha value is -1.65. The molecule has 64 valence electrons. The molecule has 0 spiro atoms. The van der Waals surface area contributed by atoms with Crippen molar-refractivity contribution in [3.05, 3.63) is 17.6 Å². The second-order valence-electron chi connectivity index (χ2n) is 2.22. The molecule has 5 heteroatoms. The van der Waals surface area contributed by atoms with Crippen LogP contribution in [0.15, 0.2) is 6.07 Å². The minimum absolute atomic E-state index is 0.183. The fourth-order valence-corrected chi connectivity index (χ4v) is 0.800. The third-order valence-corrected chi connectivity index (χ3v) is 1.25. The number of nitrogens with zero attached hydrogens (tertiary/aromatic N) is 2. The number of nitrogen functional groups attached to an aromatic ring is 1. The maximum Gasteiger partial charge on any atom is 0.356 e. The highest BCUT2D eigenvalue weighted by Gasteiger charge is 2.08. The molecule has 0 unspecified atom stereocenters. The molecule has 0 saturated heterocycles. The lowest BCUT2D eigenvalue weighted by molar-refractivity contribution is 0.0593. The normalized spacial score (nSPS) is 9.50. The van der Waals surface area contributed by atoms with E-state index in [1.165, 1.54) is 13.2 Å². The number of methoxy groups -OCH3 is 1. The number of aryl methyl sites for hydroxylation is 1. The summed E-state index contributed by atoms with van der Waals surface area (Å²) >= 11 is 0. The molecule has 1 aromatic heterocycles. The number of aromatic nitrogens is 2. The van der Waals surface area contributed by atoms with Gasteiger partial charge in [0.2, 0.25) is 0 Å². The second-order valence-corrected chi connectivity index (χ2v) is 2.22. The first kappa shape index (κ1) is 8.45. The number of carbonyl (C=O) groups is 1. The van der Waals surface area contributed by atoms with Crippen LogP contribution in [0.1, 0.15) is 16.3 Å². The van der Waals surface area contributed by atoms with E-state index in [4.69, 9.17) is 5.73 Å². The molecular weight excluding hydrogens is 158 g/mol. The standard InChI is InChI=1S/C7H9N3O2/c1-4-9-5(7(11)12-2)3-6(8)10-4/h3H,1-2H3,(H2,8,9,10). The molecule has 12 heavy (non-hydrogen) atoms. The Morgan fingerprint density at radius 3 is 2.75 bits per heavy atom. The molecule has 1 aromatic rings. The zero-order valence-electron chi connectivity index (χ0n) is 6.87. The molecule has 0 aliphatic carbocycles. The average Bonchev–Trinajstić information content (AvgIpc) is 2.01. The van der Waals surface area contributed by atoms with Gasteiger partial charge in [0, 0.05) is 6.07 Å². The predicted octanol–water partition coefficient (Wildman–Crippen LogP) is 0.154. The topological polar surface area (TPSA) is 78.1 Å². The van der Waals surface area contributed by atoms with Crippen LogP contribution in [0.2, 0.25) is 0 Å². The van der Waals surface area contributed by atoms with E-state index in [9.17, 15) is 4.79 Å². The maximum absolute atomic E-state index is 10.9. The highest BCUT2D eigenvalue weighted by atomic mass is 16.5. The summed E-state index contributed by atoms with van der Waals surface area (Å²) in [5, 5.41) is 0. The third-order valence-electron chi connectivity index (χ3n) is 1.25. The fraction of sp³-hybridized carbons (Fsp3) is 0.286. The second kappa shape index (κ2) is 3.17. The van der Waals surface area contributed by atoms with E-state index in [2.05, 4.69) is 14.7 Å². The molecule has 0 aromatic carbocycles. The highest BCUT2D eigenvalue weighted by molar-refractivity contribution is 5.87. The first-order chi connectivity index (χ1) is 5.63. The maximum atomic E-state index is 10.9. The smallest absolute Gasteiger partial charge is 0.356 e. The molecule has 1 rings (SSSR count). The summed E-state index contributed by atoms with van der Waals surface area (Å²) < 4.78 is 4.46. The molecular formula is C7H9N3O2. The van der Waals surface area contributed by atoms with Crippen molar-refractivity contribution in [1.82, 2.24) is 9.97 Å². The van der Waals surface area contributed by atoms with E-state index in [0.29, 0.717) is 5.82 Å². The van der Waals surface area contributed by atoms with Crippen LogP contribution in [0.4, 0.5) is 5.82 Å². The lowest BCUT2D eigenvalue weighted by Crippen LogP contribution is -2.07. The molecule has 0 radical (unpaired) electrons. The van der Waals surface area contributed by atoms with Gasteiger partial charge in [-0.3, -0.25) is 0 Å². The quantitative estimate of drug-likeness (QED) is 0.602. The van der Waals surface area contributed by atoms with E-state index >= 15 is 0 Å². The summed E-state index contributed by atoms with van der Waals surface area (Å²) in [5.74, 6) is 0.213. The predicted molar refractivity (Wildman–Crippen MR) is 42.5 cm³/mol. The number of ether oxygens (including phenoxy) is 1. The molecule has 5 nitrogen and oxygen atoms in total. The Balaban J connectivity index is 3.08. The third kappa shape index (κ3) is 1.69. The Morgan fingerprint density at radius 1 is 1.58 bits per heavy atom. The van der Waals surface area contributed by atoms with Crippen molar-refractivity contribution in [2.75, 3.05) is 12.8 Å². The number of hydrogen-bond donors (Lipinski definition) is 1. The van der Waals surface area contributed by atoms with Crippen molar-refractivity contribution in [1.29, 1.82) is 0 Å². The van der Waals surface area contributed by atoms with Crippen molar-refractivity contribution in [2.45, 2.75) is 6.92 Å². The Kier molecular flexibility index (Phi) is 2.23. The van der Waals surface area contributed by atoms with Gasteiger partial charge in [0.1, 0.15) is 11.6 Å². The lowest BCUT2D eigenvalue weighted by Gasteiger charge is -2.00. The van der Waals surface area contributed by atoms with E-state index in [1.54, 1.807) is 6.92 Å². The lowest BCUT2D eigenvalue weighted by atomic mass is 10.4. The number of hydrogen-bond acceptors (Lipinski definition) is 5. The highest BCUT2D eigenvalue weighted by Crippen LogP contribution is 2.03. The summed E-state index contributed by atoms with van der Waals surface area (Å²) in [7, 11) is 1.29. The minimum atomic E-state index is -0.507. The molecule has 0 aliphatic rings. The van der Waals surface area contributed by atoms with Gasteiger partial charge in [0.05, 0.1) is 7.11 Å². The van der Waals surface area contributed by atoms with Crippen molar-refractivity contribution < 1.29 is 9.53 Å². The van der Waals surface area contributed by atoms with Gasteiger partial charge in [-0.05, 0) is 6.92 Å². The van der Waals surface area contributed by atoms with Gasteiger partial charge in [-0.15, -0.1) is 0 Å². The van der Waals surface area contributed by atoms with Crippen molar-refractivity contribution in [2.24, 2.45) is 0 Å². The van der Waals surface area contributed by atoms with Crippen LogP contribution in [0, 0.1) is 6.92 Å². The largest absolute Gasteiger partial charge is 0.464 e. The number of anilines is 1. The van der Waals surface area contributed by atoms with Gasteiger partial charge < -0.3 is 10.5 Å². The van der Waals surface area contributed by atoms with Crippen LogP contribution in [0.3, 0.4) is 0 Å². The van der Waals surface area contributed by atoms with Gasteiger partial charge >= 0.3 is 5.97 Å². The molecule has 2 N–H and O–H groups in total. The van der Waals surface area contributed by atoms with Crippen LogP contribution in [0.25, 0.3) is 0 Å². The summed E-state index contributed by atoms with van der Waals surface area (Å²) in [6, 6.07) is 1.37. The molecule has 0 amide bonds. The van der Waals surface area contributed by atoms with Crippen LogP contribution < -0.4 is 5.73 Å². The molecule has 0 atom stereocenters. The van der Waals surface area contributed by atoms with Crippen molar-refractivity contribution in [3.63, 3.8) is 0 Å². The zero-order valence-corrected chi connectivity index (χ0v) is 6.87. The zero-order chi connectivity index (χ0) is 9.14. The van der Waals surface area contributed by atoms with Gasteiger partial charge in [0.15, 0.2) is 5.69 Å². The van der Waals surface area contributed by atoms with Crippen LogP contribution in [-0.2, 0) is 4.74 Å². The van der Waals surface area contributed by atoms with Gasteiger partial charge in [-0.1, -0.05) is 0 Å². The van der Waals surface area contributed by atoms with Gasteiger partial charge in [0.25, 0.3) is 0 Å². The minimum Gasteiger partial charge on any atom is -0.464 e. The van der Waals surface area contributed by atoms with Crippen molar-refractivity contribution in [3.8, 4) is 0 Å². The van der Waals surface area contributed by atoms with E-state index < -0.39 is 5.97 Å². The van der Waals surface area contributed by atoms with E-state index in [1.807, 2.05) is 0 Å². The Morgan fingerprint density at radius 2 is 2.25 bits per heavy atom. The van der Waals surface area contributed by atoms with Crippen LogP contribution >= 0.6 is 0 Å². The molecule has 1 heterocycles. The van der Waals surface area contributed by atoms with Gasteiger partial charge in [-0.25, -0.2) is 14.8 Å². The Bertz CT molecular complexity index is 291. The molecule has 0 bridgehead atoms. The number of carbonyl (C=O) groups excluding carboxylic acids is 1. The first-order valence-corrected chi connectivity index (χ1v) is 3.33. The SMILES string of the molecule is COC(=O)c1cc(N)nc(C)n1. The molecule has 0 saturated carbocycles. The average molecular weight is 167 g/mol. The summed E-state index contributed by atoms with van der Waals surface area (Å²) in [6.45, 7) is 1.66. The van der Waals surface area contributed by atoms with E-state index in [0.717, 1.165) is 0 Å². The molecule has 0 aliphatic heterocycles. The number of rotatable bonds is 1. The molecule has 0 fully saturated rings. The fourth-order valence-electron chi connectivity index (χ4n) is 0.800. The first-order valence-electron chi connectivity index (χ1n) is 3.33.